The molecule has 0 aromatic heterocycles. The molecule has 1 N–H and O–H groups in total. The Morgan fingerprint density at radius 1 is 1.43 bits per heavy atom. The highest BCUT2D eigenvalue weighted by Crippen LogP contribution is 2.76. The van der Waals surface area contributed by atoms with Crippen LogP contribution in [0.5, 0.6) is 5.75 Å². The van der Waals surface area contributed by atoms with E-state index < -0.39 is 16.6 Å². The highest BCUT2D eigenvalue weighted by molar-refractivity contribution is 5.86. The van der Waals surface area contributed by atoms with E-state index in [0.717, 1.165) is 37.2 Å². The van der Waals surface area contributed by atoms with Crippen LogP contribution in [-0.4, -0.2) is 61.6 Å². The molecule has 5 bridgehead atoms. The van der Waals surface area contributed by atoms with Gasteiger partial charge in [-0.2, -0.15) is 0 Å². The van der Waals surface area contributed by atoms with E-state index in [1.807, 2.05) is 12.1 Å². The van der Waals surface area contributed by atoms with Gasteiger partial charge in [0.15, 0.2) is 5.72 Å². The Morgan fingerprint density at radius 2 is 2.25 bits per heavy atom. The molecule has 4 aliphatic heterocycles. The number of phenolic OH excluding ortho intramolecular Hbond substituents is 1. The number of esters is 1. The third-order valence-corrected chi connectivity index (χ3v) is 8.67. The fourth-order valence-electron chi connectivity index (χ4n) is 7.78. The zero-order valence-electron chi connectivity index (χ0n) is 16.6. The Balaban J connectivity index is 1.75. The second-order valence-corrected chi connectivity index (χ2v) is 9.00. The van der Waals surface area contributed by atoms with E-state index in [2.05, 4.69) is 29.8 Å². The summed E-state index contributed by atoms with van der Waals surface area (Å²) in [6.45, 7) is 4.25. The van der Waals surface area contributed by atoms with Crippen molar-refractivity contribution in [3.05, 3.63) is 35.4 Å². The van der Waals surface area contributed by atoms with E-state index in [9.17, 15) is 9.90 Å². The number of fused-ring (bicyclic) bond motifs is 3. The fraction of sp³-hybridized carbons (Fsp3) is 0.591. The highest BCUT2D eigenvalue weighted by atomic mass is 16.6. The largest absolute Gasteiger partial charge is 0.508 e. The van der Waals surface area contributed by atoms with Gasteiger partial charge in [-0.1, -0.05) is 11.6 Å². The molecule has 5 atom stereocenters. The monoisotopic (exact) mass is 382 g/mol. The number of carbonyl (C=O) groups excluding carboxylic acids is 1. The molecule has 6 rings (SSSR count). The molecule has 3 saturated heterocycles. The molecule has 148 valence electrons. The smallest absolute Gasteiger partial charge is 0.315 e. The highest BCUT2D eigenvalue weighted by Gasteiger charge is 2.86. The third-order valence-electron chi connectivity index (χ3n) is 8.67. The summed E-state index contributed by atoms with van der Waals surface area (Å²) in [5.74, 6) is 0.170. The van der Waals surface area contributed by atoms with Gasteiger partial charge in [0.2, 0.25) is 0 Å². The second-order valence-electron chi connectivity index (χ2n) is 9.00. The first-order valence-corrected chi connectivity index (χ1v) is 10.2. The van der Waals surface area contributed by atoms with Gasteiger partial charge in [-0.25, -0.2) is 0 Å². The number of carbonyl (C=O) groups is 1. The first-order chi connectivity index (χ1) is 13.5. The number of anilines is 1. The minimum absolute atomic E-state index is 0.101. The second kappa shape index (κ2) is 4.92. The van der Waals surface area contributed by atoms with Crippen molar-refractivity contribution in [1.82, 2.24) is 4.90 Å². The number of methoxy groups -OCH3 is 1. The van der Waals surface area contributed by atoms with Gasteiger partial charge in [0.05, 0.1) is 25.2 Å². The summed E-state index contributed by atoms with van der Waals surface area (Å²) >= 11 is 0. The number of phenols is 1. The van der Waals surface area contributed by atoms with Gasteiger partial charge in [0.1, 0.15) is 11.2 Å². The zero-order chi connectivity index (χ0) is 19.5. The van der Waals surface area contributed by atoms with Crippen LogP contribution in [0.1, 0.15) is 25.3 Å². The predicted molar refractivity (Wildman–Crippen MR) is 103 cm³/mol. The van der Waals surface area contributed by atoms with Gasteiger partial charge in [-0.3, -0.25) is 9.69 Å². The molecule has 4 fully saturated rings. The van der Waals surface area contributed by atoms with Crippen molar-refractivity contribution in [2.45, 2.75) is 36.9 Å². The average molecular weight is 382 g/mol. The minimum Gasteiger partial charge on any atom is -0.508 e. The van der Waals surface area contributed by atoms with Crippen molar-refractivity contribution in [2.75, 3.05) is 38.8 Å². The molecule has 4 heterocycles. The molecule has 1 aromatic carbocycles. The Morgan fingerprint density at radius 3 is 3.00 bits per heavy atom. The number of benzene rings is 1. The van der Waals surface area contributed by atoms with Gasteiger partial charge in [-0.15, -0.1) is 0 Å². The molecule has 0 radical (unpaired) electrons. The molecular weight excluding hydrogens is 356 g/mol. The summed E-state index contributed by atoms with van der Waals surface area (Å²) in [7, 11) is 3.58. The lowest BCUT2D eigenvalue weighted by Crippen LogP contribution is -2.80. The SMILES string of the molecule is C/C=C1/CN2CC[C@@]34c5cc(O)ccc5N(C)[C@]35OCC4(C(=O)OC)[C@@H]1C[C@H]25. The molecule has 0 spiro atoms. The normalized spacial score (nSPS) is 44.0. The van der Waals surface area contributed by atoms with Gasteiger partial charge >= 0.3 is 5.97 Å². The molecule has 6 nitrogen and oxygen atoms in total. The van der Waals surface area contributed by atoms with Crippen LogP contribution in [0, 0.1) is 11.3 Å². The first kappa shape index (κ1) is 16.9. The molecule has 1 aromatic rings. The van der Waals surface area contributed by atoms with E-state index in [1.165, 1.54) is 12.7 Å². The standard InChI is InChI=1S/C22H26N2O4/c1-4-13-11-24-8-7-21-16-9-14(25)5-6-17(16)23(2)22(21)18(24)10-15(13)20(21,12-28-22)19(26)27-3/h4-6,9,15,18,25H,7-8,10-12H2,1-3H3/b13-4-/t15-,18+,20?,21+,22-/m1/s1. The number of hydrogen-bond donors (Lipinski definition) is 1. The number of piperidine rings is 2. The zero-order valence-corrected chi connectivity index (χ0v) is 16.6. The summed E-state index contributed by atoms with van der Waals surface area (Å²) in [5.41, 5.74) is 1.54. The fourth-order valence-corrected chi connectivity index (χ4v) is 7.78. The molecule has 1 saturated carbocycles. The van der Waals surface area contributed by atoms with E-state index >= 15 is 0 Å². The third kappa shape index (κ3) is 1.37. The number of rotatable bonds is 1. The van der Waals surface area contributed by atoms with Crippen molar-refractivity contribution in [1.29, 1.82) is 0 Å². The van der Waals surface area contributed by atoms with Crippen LogP contribution in [0.25, 0.3) is 0 Å². The van der Waals surface area contributed by atoms with Crippen molar-refractivity contribution >= 4 is 11.7 Å². The summed E-state index contributed by atoms with van der Waals surface area (Å²) in [6, 6.07) is 5.79. The van der Waals surface area contributed by atoms with E-state index in [-0.39, 0.29) is 23.7 Å². The maximum absolute atomic E-state index is 13.6. The summed E-state index contributed by atoms with van der Waals surface area (Å²) < 4.78 is 12.2. The van der Waals surface area contributed by atoms with Crippen LogP contribution in [0.4, 0.5) is 5.69 Å². The first-order valence-electron chi connectivity index (χ1n) is 10.2. The molecule has 1 aliphatic carbocycles. The Kier molecular flexibility index (Phi) is 2.96. The van der Waals surface area contributed by atoms with Gasteiger partial charge in [-0.05, 0) is 43.5 Å². The Hall–Kier alpha value is -2.05. The van der Waals surface area contributed by atoms with E-state index in [4.69, 9.17) is 9.47 Å². The lowest BCUT2D eigenvalue weighted by molar-refractivity contribution is -0.184. The molecule has 1 unspecified atom stereocenters. The minimum atomic E-state index is -0.764. The van der Waals surface area contributed by atoms with Gasteiger partial charge in [0.25, 0.3) is 0 Å². The van der Waals surface area contributed by atoms with Crippen LogP contribution in [0.3, 0.4) is 0 Å². The van der Waals surface area contributed by atoms with Crippen LogP contribution in [-0.2, 0) is 19.7 Å². The van der Waals surface area contributed by atoms with Crippen LogP contribution < -0.4 is 4.90 Å². The van der Waals surface area contributed by atoms with Crippen LogP contribution in [0.15, 0.2) is 29.8 Å². The number of likely N-dealkylation sites (N-methyl/N-ethyl adjacent to an activating group) is 1. The van der Waals surface area contributed by atoms with Crippen molar-refractivity contribution in [3.8, 4) is 5.75 Å². The predicted octanol–water partition coefficient (Wildman–Crippen LogP) is 2.02. The number of nitrogens with zero attached hydrogens (tertiary/aromatic N) is 2. The van der Waals surface area contributed by atoms with E-state index in [0.29, 0.717) is 6.61 Å². The average Bonchev–Trinajstić information content (AvgIpc) is 3.08. The number of ether oxygens (including phenoxy) is 2. The number of hydrogen-bond acceptors (Lipinski definition) is 6. The molecule has 0 amide bonds. The van der Waals surface area contributed by atoms with Gasteiger partial charge in [0, 0.05) is 31.7 Å². The molecule has 5 aliphatic rings. The maximum Gasteiger partial charge on any atom is 0.315 e. The van der Waals surface area contributed by atoms with Gasteiger partial charge < -0.3 is 19.5 Å². The molecule has 6 heteroatoms. The number of aromatic hydroxyl groups is 1. The van der Waals surface area contributed by atoms with Crippen molar-refractivity contribution < 1.29 is 19.4 Å². The Bertz CT molecular complexity index is 944. The summed E-state index contributed by atoms with van der Waals surface area (Å²) in [4.78, 5) is 18.4. The lowest BCUT2D eigenvalue weighted by Gasteiger charge is -2.66. The maximum atomic E-state index is 13.6. The van der Waals surface area contributed by atoms with Crippen LogP contribution >= 0.6 is 0 Å². The van der Waals surface area contributed by atoms with E-state index in [1.54, 1.807) is 6.07 Å². The quantitative estimate of drug-likeness (QED) is 0.592. The summed E-state index contributed by atoms with van der Waals surface area (Å²) in [6.07, 6.45) is 3.92. The summed E-state index contributed by atoms with van der Waals surface area (Å²) in [5, 5.41) is 10.4. The van der Waals surface area contributed by atoms with Crippen molar-refractivity contribution in [3.63, 3.8) is 0 Å². The topological polar surface area (TPSA) is 62.2 Å². The molecular formula is C22H26N2O4. The Labute approximate surface area is 164 Å². The lowest BCUT2D eigenvalue weighted by atomic mass is 9.43. The molecule has 28 heavy (non-hydrogen) atoms. The van der Waals surface area contributed by atoms with Crippen LogP contribution in [0.2, 0.25) is 0 Å². The number of allylic oxidation sites excluding steroid dienone is 1. The van der Waals surface area contributed by atoms with Crippen molar-refractivity contribution in [2.24, 2.45) is 11.3 Å².